The van der Waals surface area contributed by atoms with Crippen LogP contribution in [0.2, 0.25) is 0 Å². The highest BCUT2D eigenvalue weighted by atomic mass is 79.9. The van der Waals surface area contributed by atoms with Gasteiger partial charge in [-0.05, 0) is 49.4 Å². The van der Waals surface area contributed by atoms with Gasteiger partial charge >= 0.3 is 0 Å². The topological polar surface area (TPSA) is 105 Å². The lowest BCUT2D eigenvalue weighted by Crippen LogP contribution is -2.34. The first-order chi connectivity index (χ1) is 14.4. The molecule has 2 aromatic rings. The molecule has 8 nitrogen and oxygen atoms in total. The molecule has 1 saturated carbocycles. The Kier molecular flexibility index (Phi) is 5.90. The largest absolute Gasteiger partial charge is 0.424 e. The van der Waals surface area contributed by atoms with Crippen LogP contribution >= 0.6 is 15.9 Å². The fourth-order valence-electron chi connectivity index (χ4n) is 3.55. The van der Waals surface area contributed by atoms with Crippen molar-refractivity contribution in [3.05, 3.63) is 45.9 Å². The summed E-state index contributed by atoms with van der Waals surface area (Å²) < 4.78 is 6.30. The zero-order valence-electron chi connectivity index (χ0n) is 16.6. The van der Waals surface area contributed by atoms with E-state index in [0.717, 1.165) is 30.3 Å². The molecule has 2 N–H and O–H groups in total. The highest BCUT2D eigenvalue weighted by Crippen LogP contribution is 2.32. The minimum Gasteiger partial charge on any atom is -0.424 e. The second-order valence-electron chi connectivity index (χ2n) is 7.79. The van der Waals surface area contributed by atoms with Gasteiger partial charge in [-0.15, -0.1) is 0 Å². The zero-order chi connectivity index (χ0) is 21.3. The SMILES string of the molecule is Cc1nc(C(=O)NC[C@@H]2CCN(C(=O)C3CC3)C2)c(NC(=O)c2ccc(Br)cc2)o1. The molecule has 9 heteroatoms. The van der Waals surface area contributed by atoms with Gasteiger partial charge in [0.15, 0.2) is 11.6 Å². The number of hydrogen-bond donors (Lipinski definition) is 2. The molecule has 30 heavy (non-hydrogen) atoms. The molecule has 2 aliphatic rings. The Hall–Kier alpha value is -2.68. The number of carbonyl (C=O) groups is 3. The standard InChI is InChI=1S/C21H23BrN4O4/c1-12-24-17(20(30-12)25-18(27)14-4-6-16(22)7-5-14)19(28)23-10-13-8-9-26(11-13)21(29)15-2-3-15/h4-7,13,15H,2-3,8-11H2,1H3,(H,23,28)(H,25,27)/t13-/m0/s1. The van der Waals surface area contributed by atoms with E-state index < -0.39 is 11.8 Å². The highest BCUT2D eigenvalue weighted by molar-refractivity contribution is 9.10. The second kappa shape index (κ2) is 8.59. The first-order valence-corrected chi connectivity index (χ1v) is 10.8. The maximum Gasteiger partial charge on any atom is 0.275 e. The fourth-order valence-corrected chi connectivity index (χ4v) is 3.82. The van der Waals surface area contributed by atoms with Crippen LogP contribution in [0.15, 0.2) is 33.2 Å². The summed E-state index contributed by atoms with van der Waals surface area (Å²) in [6.07, 6.45) is 2.86. The van der Waals surface area contributed by atoms with Crippen molar-refractivity contribution in [1.29, 1.82) is 0 Å². The summed E-state index contributed by atoms with van der Waals surface area (Å²) in [7, 11) is 0. The average Bonchev–Trinajstić information content (AvgIpc) is 3.36. The van der Waals surface area contributed by atoms with E-state index >= 15 is 0 Å². The van der Waals surface area contributed by atoms with Crippen LogP contribution in [-0.2, 0) is 4.79 Å². The first kappa shape index (κ1) is 20.6. The Balaban J connectivity index is 1.34. The third kappa shape index (κ3) is 4.72. The third-order valence-electron chi connectivity index (χ3n) is 5.36. The van der Waals surface area contributed by atoms with E-state index in [0.29, 0.717) is 18.7 Å². The molecule has 1 aromatic carbocycles. The van der Waals surface area contributed by atoms with Crippen molar-refractivity contribution < 1.29 is 18.8 Å². The average molecular weight is 475 g/mol. The van der Waals surface area contributed by atoms with Gasteiger partial charge in [-0.1, -0.05) is 15.9 Å². The van der Waals surface area contributed by atoms with Crippen LogP contribution in [0.1, 0.15) is 46.0 Å². The number of oxazole rings is 1. The Bertz CT molecular complexity index is 968. The molecule has 0 radical (unpaired) electrons. The molecule has 2 fully saturated rings. The van der Waals surface area contributed by atoms with E-state index in [1.54, 1.807) is 31.2 Å². The molecule has 1 saturated heterocycles. The highest BCUT2D eigenvalue weighted by Gasteiger charge is 2.36. The van der Waals surface area contributed by atoms with Crippen LogP contribution in [0, 0.1) is 18.8 Å². The molecule has 1 aliphatic carbocycles. The van der Waals surface area contributed by atoms with Gasteiger partial charge in [0.05, 0.1) is 0 Å². The molecule has 158 valence electrons. The minimum absolute atomic E-state index is 0.0230. The maximum atomic E-state index is 12.7. The number of rotatable bonds is 6. The van der Waals surface area contributed by atoms with Crippen LogP contribution in [0.25, 0.3) is 0 Å². The monoisotopic (exact) mass is 474 g/mol. The quantitative estimate of drug-likeness (QED) is 0.669. The zero-order valence-corrected chi connectivity index (χ0v) is 18.2. The van der Waals surface area contributed by atoms with E-state index in [1.807, 2.05) is 4.90 Å². The van der Waals surface area contributed by atoms with E-state index in [1.165, 1.54) is 0 Å². The van der Waals surface area contributed by atoms with Crippen molar-refractivity contribution >= 4 is 39.5 Å². The van der Waals surface area contributed by atoms with Crippen LogP contribution < -0.4 is 10.6 Å². The number of hydrogen-bond acceptors (Lipinski definition) is 5. The summed E-state index contributed by atoms with van der Waals surface area (Å²) in [5, 5.41) is 5.48. The van der Waals surface area contributed by atoms with Crippen LogP contribution in [0.5, 0.6) is 0 Å². The Morgan fingerprint density at radius 1 is 1.17 bits per heavy atom. The first-order valence-electron chi connectivity index (χ1n) is 10.0. The van der Waals surface area contributed by atoms with Crippen molar-refractivity contribution in [3.63, 3.8) is 0 Å². The summed E-state index contributed by atoms with van der Waals surface area (Å²) in [6.45, 7) is 3.47. The number of nitrogens with one attached hydrogen (secondary N) is 2. The van der Waals surface area contributed by atoms with Gasteiger partial charge in [0.2, 0.25) is 11.8 Å². The molecule has 4 rings (SSSR count). The lowest BCUT2D eigenvalue weighted by molar-refractivity contribution is -0.131. The van der Waals surface area contributed by atoms with E-state index in [4.69, 9.17) is 4.42 Å². The molecular formula is C21H23BrN4O4. The molecule has 0 spiro atoms. The Morgan fingerprint density at radius 2 is 1.90 bits per heavy atom. The molecule has 1 atom stereocenters. The third-order valence-corrected chi connectivity index (χ3v) is 5.89. The summed E-state index contributed by atoms with van der Waals surface area (Å²) in [5.41, 5.74) is 0.479. The summed E-state index contributed by atoms with van der Waals surface area (Å²) >= 11 is 3.33. The smallest absolute Gasteiger partial charge is 0.275 e. The molecule has 1 aromatic heterocycles. The van der Waals surface area contributed by atoms with E-state index in [9.17, 15) is 14.4 Å². The van der Waals surface area contributed by atoms with Gasteiger partial charge in [0, 0.05) is 42.5 Å². The van der Waals surface area contributed by atoms with Gasteiger partial charge < -0.3 is 14.6 Å². The van der Waals surface area contributed by atoms with Crippen molar-refractivity contribution in [2.75, 3.05) is 25.0 Å². The van der Waals surface area contributed by atoms with E-state index in [-0.39, 0.29) is 35.2 Å². The van der Waals surface area contributed by atoms with Gasteiger partial charge in [0.25, 0.3) is 11.8 Å². The van der Waals surface area contributed by atoms with Crippen molar-refractivity contribution in [1.82, 2.24) is 15.2 Å². The number of anilines is 1. The van der Waals surface area contributed by atoms with Gasteiger partial charge in [-0.2, -0.15) is 0 Å². The number of likely N-dealkylation sites (tertiary alicyclic amines) is 1. The predicted octanol–water partition coefficient (Wildman–Crippen LogP) is 2.99. The van der Waals surface area contributed by atoms with Gasteiger partial charge in [-0.25, -0.2) is 4.98 Å². The summed E-state index contributed by atoms with van der Waals surface area (Å²) in [4.78, 5) is 43.3. The number of aromatic nitrogens is 1. The lowest BCUT2D eigenvalue weighted by Gasteiger charge is -2.16. The van der Waals surface area contributed by atoms with Gasteiger partial charge in [-0.3, -0.25) is 19.7 Å². The van der Waals surface area contributed by atoms with Crippen LogP contribution in [0.3, 0.4) is 0 Å². The molecular weight excluding hydrogens is 452 g/mol. The fraction of sp³-hybridized carbons (Fsp3) is 0.429. The molecule has 1 aliphatic heterocycles. The number of carbonyl (C=O) groups excluding carboxylic acids is 3. The number of amides is 3. The number of halogens is 1. The van der Waals surface area contributed by atoms with Gasteiger partial charge in [0.1, 0.15) is 0 Å². The Morgan fingerprint density at radius 3 is 2.60 bits per heavy atom. The van der Waals surface area contributed by atoms with Crippen molar-refractivity contribution in [3.8, 4) is 0 Å². The molecule has 0 unspecified atom stereocenters. The van der Waals surface area contributed by atoms with Crippen molar-refractivity contribution in [2.45, 2.75) is 26.2 Å². The molecule has 3 amide bonds. The predicted molar refractivity (Wildman–Crippen MR) is 113 cm³/mol. The maximum absolute atomic E-state index is 12.7. The van der Waals surface area contributed by atoms with Crippen molar-refractivity contribution in [2.24, 2.45) is 11.8 Å². The number of nitrogens with zero attached hydrogens (tertiary/aromatic N) is 2. The summed E-state index contributed by atoms with van der Waals surface area (Å²) in [6, 6.07) is 6.84. The molecule has 2 heterocycles. The Labute approximate surface area is 182 Å². The normalized spacial score (nSPS) is 18.3. The number of benzene rings is 1. The number of aryl methyl sites for hydroxylation is 1. The second-order valence-corrected chi connectivity index (χ2v) is 8.71. The molecule has 0 bridgehead atoms. The summed E-state index contributed by atoms with van der Waals surface area (Å²) in [5.74, 6) is 0.179. The minimum atomic E-state index is -0.412. The van der Waals surface area contributed by atoms with E-state index in [2.05, 4.69) is 31.5 Å². The van der Waals surface area contributed by atoms with Crippen LogP contribution in [-0.4, -0.2) is 47.2 Å². The lowest BCUT2D eigenvalue weighted by atomic mass is 10.1. The van der Waals surface area contributed by atoms with Crippen LogP contribution in [0.4, 0.5) is 5.88 Å².